The summed E-state index contributed by atoms with van der Waals surface area (Å²) in [4.78, 5) is 0. The van der Waals surface area contributed by atoms with Gasteiger partial charge in [-0.05, 0) is 24.3 Å². The van der Waals surface area contributed by atoms with E-state index < -0.39 is 24.6 Å². The van der Waals surface area contributed by atoms with Crippen LogP contribution in [0.15, 0.2) is 46.9 Å². The standard InChI is InChI=1S/C15H14F7N5/c1-26-7-8-27(2)12(26)25-24-11-5-3-10(4-6-11)23-9-13(16,17)14(18,19)15(20,21)22/h3-8H,9H2,1-2H3/p+1. The van der Waals surface area contributed by atoms with Crippen molar-refractivity contribution in [2.24, 2.45) is 24.3 Å². The summed E-state index contributed by atoms with van der Waals surface area (Å²) in [5, 5.41) is 9.79. The minimum atomic E-state index is -6.35. The van der Waals surface area contributed by atoms with Gasteiger partial charge in [0.1, 0.15) is 5.69 Å². The summed E-state index contributed by atoms with van der Waals surface area (Å²) >= 11 is 0. The van der Waals surface area contributed by atoms with Crippen LogP contribution in [0.5, 0.6) is 0 Å². The number of anilines is 1. The first-order valence-corrected chi connectivity index (χ1v) is 7.44. The number of benzene rings is 1. The van der Waals surface area contributed by atoms with Gasteiger partial charge >= 0.3 is 24.0 Å². The number of hydrogen-bond acceptors (Lipinski definition) is 3. The van der Waals surface area contributed by atoms with Crippen molar-refractivity contribution < 1.29 is 35.3 Å². The molecule has 0 aliphatic heterocycles. The van der Waals surface area contributed by atoms with Crippen molar-refractivity contribution in [3.63, 3.8) is 0 Å². The van der Waals surface area contributed by atoms with Crippen LogP contribution >= 0.6 is 0 Å². The second-order valence-corrected chi connectivity index (χ2v) is 5.70. The van der Waals surface area contributed by atoms with Gasteiger partial charge in [-0.3, -0.25) is 0 Å². The third-order valence-corrected chi connectivity index (χ3v) is 3.60. The van der Waals surface area contributed by atoms with Gasteiger partial charge in [-0.25, -0.2) is 9.13 Å². The van der Waals surface area contributed by atoms with Gasteiger partial charge in [0.15, 0.2) is 0 Å². The molecule has 0 fully saturated rings. The fraction of sp³-hybridized carbons (Fsp3) is 0.400. The molecule has 0 saturated carbocycles. The quantitative estimate of drug-likeness (QED) is 0.434. The monoisotopic (exact) mass is 398 g/mol. The van der Waals surface area contributed by atoms with E-state index >= 15 is 0 Å². The lowest BCUT2D eigenvalue weighted by Gasteiger charge is -2.28. The molecule has 12 heteroatoms. The lowest BCUT2D eigenvalue weighted by atomic mass is 10.1. The van der Waals surface area contributed by atoms with Gasteiger partial charge < -0.3 is 5.32 Å². The maximum Gasteiger partial charge on any atom is 0.459 e. The zero-order valence-electron chi connectivity index (χ0n) is 14.1. The van der Waals surface area contributed by atoms with Crippen molar-refractivity contribution in [2.45, 2.75) is 18.0 Å². The molecule has 0 bridgehead atoms. The Morgan fingerprint density at radius 3 is 2.07 bits per heavy atom. The molecule has 0 atom stereocenters. The lowest BCUT2D eigenvalue weighted by Crippen LogP contribution is -2.55. The molecular weight excluding hydrogens is 383 g/mol. The van der Waals surface area contributed by atoms with Crippen molar-refractivity contribution in [1.29, 1.82) is 0 Å². The summed E-state index contributed by atoms with van der Waals surface area (Å²) in [6, 6.07) is 5.10. The van der Waals surface area contributed by atoms with E-state index in [-0.39, 0.29) is 5.69 Å². The molecule has 0 unspecified atom stereocenters. The van der Waals surface area contributed by atoms with E-state index in [9.17, 15) is 30.7 Å². The van der Waals surface area contributed by atoms with Crippen LogP contribution in [0.2, 0.25) is 0 Å². The Bertz CT molecular complexity index is 789. The van der Waals surface area contributed by atoms with E-state index in [1.165, 1.54) is 24.3 Å². The maximum absolute atomic E-state index is 13.2. The lowest BCUT2D eigenvalue weighted by molar-refractivity contribution is -0.657. The Morgan fingerprint density at radius 1 is 1.00 bits per heavy atom. The number of nitrogens with zero attached hydrogens (tertiary/aromatic N) is 4. The smallest absolute Gasteiger partial charge is 0.379 e. The van der Waals surface area contributed by atoms with Gasteiger partial charge in [0.25, 0.3) is 0 Å². The van der Waals surface area contributed by atoms with Gasteiger partial charge in [-0.2, -0.15) is 30.7 Å². The van der Waals surface area contributed by atoms with Crippen molar-refractivity contribution in [1.82, 2.24) is 4.57 Å². The van der Waals surface area contributed by atoms with Crippen LogP contribution in [0.4, 0.5) is 48.1 Å². The predicted molar refractivity (Wildman–Crippen MR) is 81.6 cm³/mol. The zero-order chi connectivity index (χ0) is 20.5. The van der Waals surface area contributed by atoms with Crippen molar-refractivity contribution in [3.8, 4) is 0 Å². The van der Waals surface area contributed by atoms with Gasteiger partial charge in [-0.15, -0.1) is 0 Å². The van der Waals surface area contributed by atoms with Crippen LogP contribution in [0, 0.1) is 0 Å². The predicted octanol–water partition coefficient (Wildman–Crippen LogP) is 4.51. The summed E-state index contributed by atoms with van der Waals surface area (Å²) < 4.78 is 91.8. The maximum atomic E-state index is 13.2. The molecule has 2 rings (SSSR count). The molecule has 2 aromatic rings. The molecule has 0 aliphatic rings. The van der Waals surface area contributed by atoms with Crippen molar-refractivity contribution in [3.05, 3.63) is 36.7 Å². The van der Waals surface area contributed by atoms with Gasteiger partial charge in [0, 0.05) is 10.8 Å². The average Bonchev–Trinajstić information content (AvgIpc) is 2.89. The zero-order valence-corrected chi connectivity index (χ0v) is 14.1. The van der Waals surface area contributed by atoms with Crippen LogP contribution in [0.25, 0.3) is 0 Å². The summed E-state index contributed by atoms with van der Waals surface area (Å²) in [6.45, 7) is -1.89. The number of hydrogen-bond donors (Lipinski definition) is 1. The SMILES string of the molecule is Cn1cc[n+](C)c1/N=N/c1ccc(NCC(F)(F)C(F)(F)C(F)(F)F)cc1. The van der Waals surface area contributed by atoms with Crippen LogP contribution in [0.1, 0.15) is 0 Å². The fourth-order valence-electron chi connectivity index (χ4n) is 2.00. The number of aryl methyl sites for hydroxylation is 2. The first kappa shape index (κ1) is 20.6. The third-order valence-electron chi connectivity index (χ3n) is 3.60. The minimum absolute atomic E-state index is 0.0731. The summed E-state index contributed by atoms with van der Waals surface area (Å²) in [5.41, 5.74) is 0.255. The fourth-order valence-corrected chi connectivity index (χ4v) is 2.00. The van der Waals surface area contributed by atoms with Crippen LogP contribution in [0.3, 0.4) is 0 Å². The first-order chi connectivity index (χ1) is 12.3. The summed E-state index contributed by atoms with van der Waals surface area (Å²) in [6.07, 6.45) is -2.86. The Kier molecular flexibility index (Phi) is 5.47. The van der Waals surface area contributed by atoms with Crippen molar-refractivity contribution in [2.75, 3.05) is 11.9 Å². The number of rotatable bonds is 6. The van der Waals surface area contributed by atoms with E-state index in [2.05, 4.69) is 10.2 Å². The van der Waals surface area contributed by atoms with E-state index in [4.69, 9.17) is 0 Å². The largest absolute Gasteiger partial charge is 0.459 e. The van der Waals surface area contributed by atoms with Crippen LogP contribution in [-0.2, 0) is 14.1 Å². The Hall–Kier alpha value is -2.66. The van der Waals surface area contributed by atoms with Gasteiger partial charge in [-0.1, -0.05) is 5.11 Å². The molecule has 1 N–H and O–H groups in total. The number of nitrogens with one attached hydrogen (secondary N) is 1. The second kappa shape index (κ2) is 7.16. The molecule has 0 saturated heterocycles. The first-order valence-electron chi connectivity index (χ1n) is 7.44. The number of imidazole rings is 1. The van der Waals surface area contributed by atoms with Crippen LogP contribution < -0.4 is 9.88 Å². The highest BCUT2D eigenvalue weighted by Crippen LogP contribution is 2.46. The minimum Gasteiger partial charge on any atom is -0.379 e. The molecule has 0 spiro atoms. The topological polar surface area (TPSA) is 45.6 Å². The van der Waals surface area contributed by atoms with Crippen LogP contribution in [-0.4, -0.2) is 29.1 Å². The van der Waals surface area contributed by atoms with E-state index in [0.29, 0.717) is 11.6 Å². The highest BCUT2D eigenvalue weighted by atomic mass is 19.4. The molecular formula is C15H15F7N5+. The van der Waals surface area contributed by atoms with Gasteiger partial charge in [0.05, 0.1) is 33.0 Å². The number of azo groups is 1. The normalized spacial score (nSPS) is 13.4. The van der Waals surface area contributed by atoms with Crippen molar-refractivity contribution >= 4 is 17.3 Å². The summed E-state index contributed by atoms with van der Waals surface area (Å²) in [7, 11) is 3.50. The average molecular weight is 398 g/mol. The molecule has 0 aliphatic carbocycles. The Morgan fingerprint density at radius 2 is 1.59 bits per heavy atom. The van der Waals surface area contributed by atoms with E-state index in [1.54, 1.807) is 35.6 Å². The number of aromatic nitrogens is 2. The molecule has 0 radical (unpaired) electrons. The van der Waals surface area contributed by atoms with E-state index in [1.807, 2.05) is 5.32 Å². The molecule has 5 nitrogen and oxygen atoms in total. The Balaban J connectivity index is 2.04. The third kappa shape index (κ3) is 4.37. The number of halogens is 7. The highest BCUT2D eigenvalue weighted by Gasteiger charge is 2.72. The molecule has 0 amide bonds. The second-order valence-electron chi connectivity index (χ2n) is 5.70. The molecule has 1 aromatic heterocycles. The molecule has 148 valence electrons. The molecule has 27 heavy (non-hydrogen) atoms. The van der Waals surface area contributed by atoms with Gasteiger partial charge in [0.2, 0.25) is 0 Å². The highest BCUT2D eigenvalue weighted by molar-refractivity contribution is 5.51. The molecule has 1 heterocycles. The molecule has 1 aromatic carbocycles. The summed E-state index contributed by atoms with van der Waals surface area (Å²) in [5.74, 6) is -10.9. The number of alkyl halides is 7. The van der Waals surface area contributed by atoms with E-state index in [0.717, 1.165) is 0 Å². The Labute approximate surface area is 149 Å².